The molecule has 0 aliphatic carbocycles. The predicted octanol–water partition coefficient (Wildman–Crippen LogP) is 1.84. The molecular formula is C12H14N3+. The van der Waals surface area contributed by atoms with Crippen LogP contribution in [0.2, 0.25) is 0 Å². The molecule has 0 saturated heterocycles. The molecule has 3 heteroatoms. The summed E-state index contributed by atoms with van der Waals surface area (Å²) in [6.07, 6.45) is 4.00. The number of anilines is 3. The first kappa shape index (κ1) is 9.52. The molecule has 0 amide bonds. The molecule has 0 fully saturated rings. The Labute approximate surface area is 89.2 Å². The lowest BCUT2D eigenvalue weighted by Crippen LogP contribution is -2.25. The smallest absolute Gasteiger partial charge is 0.170 e. The van der Waals surface area contributed by atoms with E-state index < -0.39 is 0 Å². The number of pyridine rings is 1. The van der Waals surface area contributed by atoms with E-state index in [4.69, 9.17) is 5.73 Å². The molecule has 1 heterocycles. The van der Waals surface area contributed by atoms with E-state index in [0.29, 0.717) is 0 Å². The molecule has 0 atom stereocenters. The van der Waals surface area contributed by atoms with Gasteiger partial charge < -0.3 is 11.1 Å². The average Bonchev–Trinajstić information content (AvgIpc) is 2.25. The Hall–Kier alpha value is -2.03. The van der Waals surface area contributed by atoms with Gasteiger partial charge in [-0.1, -0.05) is 0 Å². The largest absolute Gasteiger partial charge is 0.399 e. The van der Waals surface area contributed by atoms with Crippen molar-refractivity contribution in [1.82, 2.24) is 0 Å². The van der Waals surface area contributed by atoms with Gasteiger partial charge in [0.15, 0.2) is 12.4 Å². The van der Waals surface area contributed by atoms with E-state index in [1.807, 2.05) is 60.4 Å². The van der Waals surface area contributed by atoms with Crippen molar-refractivity contribution in [2.45, 2.75) is 0 Å². The van der Waals surface area contributed by atoms with Gasteiger partial charge in [-0.05, 0) is 24.3 Å². The molecule has 0 bridgehead atoms. The van der Waals surface area contributed by atoms with Crippen LogP contribution in [0.25, 0.3) is 0 Å². The molecule has 0 spiro atoms. The maximum absolute atomic E-state index is 5.61. The molecular weight excluding hydrogens is 186 g/mol. The first-order valence-electron chi connectivity index (χ1n) is 4.82. The molecule has 3 N–H and O–H groups in total. The van der Waals surface area contributed by atoms with Gasteiger partial charge in [0.25, 0.3) is 0 Å². The summed E-state index contributed by atoms with van der Waals surface area (Å²) in [4.78, 5) is 0. The number of nitrogens with two attached hydrogens (primary N) is 1. The van der Waals surface area contributed by atoms with E-state index in [2.05, 4.69) is 5.32 Å². The molecule has 0 unspecified atom stereocenters. The second kappa shape index (κ2) is 4.00. The summed E-state index contributed by atoms with van der Waals surface area (Å²) in [5.41, 5.74) is 8.49. The van der Waals surface area contributed by atoms with Gasteiger partial charge in [0, 0.05) is 23.5 Å². The van der Waals surface area contributed by atoms with E-state index in [1.165, 1.54) is 0 Å². The molecule has 0 aliphatic heterocycles. The summed E-state index contributed by atoms with van der Waals surface area (Å²) < 4.78 is 1.99. The highest BCUT2D eigenvalue weighted by molar-refractivity contribution is 5.60. The van der Waals surface area contributed by atoms with Crippen LogP contribution in [0.15, 0.2) is 48.8 Å². The SMILES string of the molecule is C[n+]1ccc(Nc2ccc(N)cc2)cc1. The van der Waals surface area contributed by atoms with Crippen LogP contribution in [0.5, 0.6) is 0 Å². The highest BCUT2D eigenvalue weighted by Gasteiger charge is 1.96. The van der Waals surface area contributed by atoms with Gasteiger partial charge in [-0.2, -0.15) is 0 Å². The number of rotatable bonds is 2. The standard InChI is InChI=1S/C12H13N3/c1-15-8-6-12(7-9-15)14-11-4-2-10(13)3-5-11/h2-9H,13H2,1H3/p+1. The Balaban J connectivity index is 2.15. The second-order valence-corrected chi connectivity index (χ2v) is 3.50. The lowest BCUT2D eigenvalue weighted by molar-refractivity contribution is -0.671. The van der Waals surface area contributed by atoms with Crippen LogP contribution < -0.4 is 15.6 Å². The molecule has 0 aliphatic rings. The van der Waals surface area contributed by atoms with Crippen molar-refractivity contribution in [1.29, 1.82) is 0 Å². The first-order valence-corrected chi connectivity index (χ1v) is 4.82. The van der Waals surface area contributed by atoms with Crippen molar-refractivity contribution in [3.05, 3.63) is 48.8 Å². The molecule has 76 valence electrons. The molecule has 15 heavy (non-hydrogen) atoms. The molecule has 2 aromatic rings. The average molecular weight is 200 g/mol. The zero-order valence-electron chi connectivity index (χ0n) is 8.64. The quantitative estimate of drug-likeness (QED) is 0.573. The molecule has 2 rings (SSSR count). The number of nitrogens with one attached hydrogen (secondary N) is 1. The fraction of sp³-hybridized carbons (Fsp3) is 0.0833. The van der Waals surface area contributed by atoms with Crippen molar-refractivity contribution in [3.63, 3.8) is 0 Å². The van der Waals surface area contributed by atoms with Crippen molar-refractivity contribution in [3.8, 4) is 0 Å². The molecule has 1 aromatic heterocycles. The molecule has 3 nitrogen and oxygen atoms in total. The number of hydrogen-bond acceptors (Lipinski definition) is 2. The number of nitrogens with zero attached hydrogens (tertiary/aromatic N) is 1. The summed E-state index contributed by atoms with van der Waals surface area (Å²) in [5, 5.41) is 3.29. The van der Waals surface area contributed by atoms with Gasteiger partial charge in [-0.25, -0.2) is 4.57 Å². The highest BCUT2D eigenvalue weighted by atomic mass is 14.9. The number of aryl methyl sites for hydroxylation is 1. The van der Waals surface area contributed by atoms with Crippen molar-refractivity contribution < 1.29 is 4.57 Å². The Morgan fingerprint density at radius 1 is 0.933 bits per heavy atom. The third-order valence-electron chi connectivity index (χ3n) is 2.18. The number of nitrogen functional groups attached to an aromatic ring is 1. The predicted molar refractivity (Wildman–Crippen MR) is 61.8 cm³/mol. The van der Waals surface area contributed by atoms with Gasteiger partial charge in [0.05, 0.1) is 5.69 Å². The van der Waals surface area contributed by atoms with E-state index >= 15 is 0 Å². The van der Waals surface area contributed by atoms with E-state index in [9.17, 15) is 0 Å². The third-order valence-corrected chi connectivity index (χ3v) is 2.18. The van der Waals surface area contributed by atoms with Crippen LogP contribution in [0.3, 0.4) is 0 Å². The van der Waals surface area contributed by atoms with Crippen LogP contribution in [-0.4, -0.2) is 0 Å². The lowest BCUT2D eigenvalue weighted by Gasteiger charge is -2.05. The van der Waals surface area contributed by atoms with Crippen molar-refractivity contribution >= 4 is 17.1 Å². The maximum Gasteiger partial charge on any atom is 0.170 e. The summed E-state index contributed by atoms with van der Waals surface area (Å²) in [7, 11) is 1.99. The molecule has 1 aromatic carbocycles. The summed E-state index contributed by atoms with van der Waals surface area (Å²) >= 11 is 0. The summed E-state index contributed by atoms with van der Waals surface area (Å²) in [5.74, 6) is 0. The van der Waals surface area contributed by atoms with Crippen LogP contribution in [-0.2, 0) is 7.05 Å². The number of aromatic nitrogens is 1. The monoisotopic (exact) mass is 200 g/mol. The zero-order chi connectivity index (χ0) is 10.7. The van der Waals surface area contributed by atoms with Crippen LogP contribution in [0, 0.1) is 0 Å². The topological polar surface area (TPSA) is 41.9 Å². The van der Waals surface area contributed by atoms with Gasteiger partial charge in [0.1, 0.15) is 7.05 Å². The van der Waals surface area contributed by atoms with Gasteiger partial charge in [-0.15, -0.1) is 0 Å². The third kappa shape index (κ3) is 2.47. The van der Waals surface area contributed by atoms with Gasteiger partial charge in [-0.3, -0.25) is 0 Å². The minimum Gasteiger partial charge on any atom is -0.399 e. The van der Waals surface area contributed by atoms with Gasteiger partial charge in [0.2, 0.25) is 0 Å². The van der Waals surface area contributed by atoms with Crippen molar-refractivity contribution in [2.24, 2.45) is 7.05 Å². The zero-order valence-corrected chi connectivity index (χ0v) is 8.64. The van der Waals surface area contributed by atoms with E-state index in [0.717, 1.165) is 17.1 Å². The fourth-order valence-electron chi connectivity index (χ4n) is 1.32. The Kier molecular flexibility index (Phi) is 2.54. The van der Waals surface area contributed by atoms with Crippen LogP contribution in [0.4, 0.5) is 17.1 Å². The first-order chi connectivity index (χ1) is 7.24. The van der Waals surface area contributed by atoms with Crippen LogP contribution >= 0.6 is 0 Å². The van der Waals surface area contributed by atoms with E-state index in [1.54, 1.807) is 0 Å². The molecule has 0 radical (unpaired) electrons. The Bertz CT molecular complexity index is 388. The summed E-state index contributed by atoms with van der Waals surface area (Å²) in [6.45, 7) is 0. The fourth-order valence-corrected chi connectivity index (χ4v) is 1.32. The van der Waals surface area contributed by atoms with Crippen LogP contribution in [0.1, 0.15) is 0 Å². The Morgan fingerprint density at radius 2 is 1.47 bits per heavy atom. The van der Waals surface area contributed by atoms with Crippen molar-refractivity contribution in [2.75, 3.05) is 11.1 Å². The lowest BCUT2D eigenvalue weighted by atomic mass is 10.2. The second-order valence-electron chi connectivity index (χ2n) is 3.50. The minimum atomic E-state index is 0.778. The Morgan fingerprint density at radius 3 is 2.07 bits per heavy atom. The van der Waals surface area contributed by atoms with Gasteiger partial charge >= 0.3 is 0 Å². The molecule has 0 saturated carbocycles. The van der Waals surface area contributed by atoms with E-state index in [-0.39, 0.29) is 0 Å². The summed E-state index contributed by atoms with van der Waals surface area (Å²) in [6, 6.07) is 11.7. The maximum atomic E-state index is 5.61. The normalized spacial score (nSPS) is 9.93. The number of benzene rings is 1. The minimum absolute atomic E-state index is 0.778. The highest BCUT2D eigenvalue weighted by Crippen LogP contribution is 2.16. The number of hydrogen-bond donors (Lipinski definition) is 2.